The Bertz CT molecular complexity index is 319. The highest BCUT2D eigenvalue weighted by atomic mass is 32.1. The lowest BCUT2D eigenvalue weighted by molar-refractivity contribution is -0.174. The highest BCUT2D eigenvalue weighted by Crippen LogP contribution is 2.32. The molecule has 1 unspecified atom stereocenters. The number of ether oxygens (including phenoxy) is 1. The van der Waals surface area contributed by atoms with Crippen LogP contribution in [-0.2, 0) is 9.53 Å². The Balaban J connectivity index is 2.18. The third-order valence-corrected chi connectivity index (χ3v) is 2.71. The summed E-state index contributed by atoms with van der Waals surface area (Å²) in [6.45, 7) is -1.62. The number of carbonyl (C=O) groups excluding carboxylic acids is 1. The first-order valence-corrected chi connectivity index (χ1v) is 5.93. The van der Waals surface area contributed by atoms with Crippen molar-refractivity contribution in [1.82, 2.24) is 5.32 Å². The van der Waals surface area contributed by atoms with Crippen LogP contribution in [0.3, 0.4) is 0 Å². The Morgan fingerprint density at radius 3 is 2.56 bits per heavy atom. The molecule has 18 heavy (non-hydrogen) atoms. The van der Waals surface area contributed by atoms with Crippen molar-refractivity contribution >= 4 is 23.1 Å². The number of rotatable bonds is 7. The first kappa shape index (κ1) is 15.2. The summed E-state index contributed by atoms with van der Waals surface area (Å²) in [6.07, 6.45) is -2.60. The van der Waals surface area contributed by atoms with Gasteiger partial charge in [-0.15, -0.1) is 0 Å². The van der Waals surface area contributed by atoms with Gasteiger partial charge in [-0.25, -0.2) is 0 Å². The van der Waals surface area contributed by atoms with E-state index in [1.54, 1.807) is 0 Å². The van der Waals surface area contributed by atoms with Crippen molar-refractivity contribution < 1.29 is 22.7 Å². The molecule has 104 valence electrons. The third kappa shape index (κ3) is 6.15. The topological polar surface area (TPSA) is 64.3 Å². The van der Waals surface area contributed by atoms with Crippen molar-refractivity contribution in [3.05, 3.63) is 0 Å². The van der Waals surface area contributed by atoms with Gasteiger partial charge in [0.15, 0.2) is 0 Å². The summed E-state index contributed by atoms with van der Waals surface area (Å²) in [4.78, 5) is 11.6. The number of amides is 1. The molecule has 1 amide bonds. The van der Waals surface area contributed by atoms with Crippen LogP contribution in [0.4, 0.5) is 13.2 Å². The Kier molecular flexibility index (Phi) is 5.33. The Hall–Kier alpha value is -0.890. The highest BCUT2D eigenvalue weighted by Gasteiger charge is 2.34. The summed E-state index contributed by atoms with van der Waals surface area (Å²) in [6, 6.07) is -0.352. The second-order valence-electron chi connectivity index (χ2n) is 4.20. The van der Waals surface area contributed by atoms with Crippen molar-refractivity contribution in [3.63, 3.8) is 0 Å². The lowest BCUT2D eigenvalue weighted by Crippen LogP contribution is -2.45. The van der Waals surface area contributed by atoms with E-state index in [0.717, 1.165) is 12.8 Å². The van der Waals surface area contributed by atoms with Crippen LogP contribution in [0.2, 0.25) is 0 Å². The van der Waals surface area contributed by atoms with Gasteiger partial charge in [0.05, 0.1) is 17.6 Å². The minimum Gasteiger partial charge on any atom is -0.392 e. The zero-order valence-electron chi connectivity index (χ0n) is 9.63. The van der Waals surface area contributed by atoms with Crippen molar-refractivity contribution in [2.45, 2.75) is 31.5 Å². The number of nitrogens with two attached hydrogens (primary N) is 1. The molecule has 4 nitrogen and oxygen atoms in total. The summed E-state index contributed by atoms with van der Waals surface area (Å²) in [7, 11) is 0. The quantitative estimate of drug-likeness (QED) is 0.543. The molecule has 8 heteroatoms. The highest BCUT2D eigenvalue weighted by molar-refractivity contribution is 7.80. The van der Waals surface area contributed by atoms with Gasteiger partial charge < -0.3 is 15.8 Å². The molecule has 1 atom stereocenters. The van der Waals surface area contributed by atoms with E-state index in [4.69, 9.17) is 18.0 Å². The molecule has 1 aliphatic carbocycles. The van der Waals surface area contributed by atoms with Gasteiger partial charge in [0.25, 0.3) is 0 Å². The van der Waals surface area contributed by atoms with E-state index < -0.39 is 18.7 Å². The van der Waals surface area contributed by atoms with E-state index in [0.29, 0.717) is 0 Å². The van der Waals surface area contributed by atoms with Crippen LogP contribution in [0.25, 0.3) is 0 Å². The molecule has 0 radical (unpaired) electrons. The summed E-state index contributed by atoms with van der Waals surface area (Å²) in [5, 5.41) is 2.61. The van der Waals surface area contributed by atoms with Crippen LogP contribution in [0.15, 0.2) is 0 Å². The molecule has 1 saturated carbocycles. The number of carbonyl (C=O) groups is 1. The zero-order valence-corrected chi connectivity index (χ0v) is 10.4. The number of alkyl halides is 3. The molecular formula is C10H15F3N2O2S. The van der Waals surface area contributed by atoms with Crippen LogP contribution >= 0.6 is 12.2 Å². The van der Waals surface area contributed by atoms with E-state index in [2.05, 4.69) is 10.1 Å². The monoisotopic (exact) mass is 284 g/mol. The van der Waals surface area contributed by atoms with Crippen LogP contribution in [0.1, 0.15) is 19.3 Å². The second kappa shape index (κ2) is 6.33. The van der Waals surface area contributed by atoms with Crippen LogP contribution in [0.5, 0.6) is 0 Å². The molecule has 0 bridgehead atoms. The van der Waals surface area contributed by atoms with E-state index in [1.807, 2.05) is 0 Å². The van der Waals surface area contributed by atoms with E-state index in [1.165, 1.54) is 0 Å². The predicted octanol–water partition coefficient (Wildman–Crippen LogP) is 1.14. The lowest BCUT2D eigenvalue weighted by atomic mass is 10.2. The first-order chi connectivity index (χ1) is 8.29. The average molecular weight is 284 g/mol. The summed E-state index contributed by atoms with van der Waals surface area (Å²) >= 11 is 4.82. The number of hydrogen-bond donors (Lipinski definition) is 2. The molecule has 1 aliphatic rings. The minimum absolute atomic E-state index is 0.137. The number of hydrogen-bond acceptors (Lipinski definition) is 3. The second-order valence-corrected chi connectivity index (χ2v) is 4.67. The summed E-state index contributed by atoms with van der Waals surface area (Å²) < 4.78 is 39.6. The molecule has 0 aliphatic heterocycles. The van der Waals surface area contributed by atoms with E-state index >= 15 is 0 Å². The maximum Gasteiger partial charge on any atom is 0.411 e. The van der Waals surface area contributed by atoms with Crippen molar-refractivity contribution in [2.75, 3.05) is 13.2 Å². The Morgan fingerprint density at radius 2 is 2.11 bits per heavy atom. The minimum atomic E-state index is -4.37. The standard InChI is InChI=1S/C10H15F3N2O2S/c11-10(12,13)5-17-4-3-7(16)15-8(9(14)18)6-1-2-6/h6,8H,1-5H2,(H2,14,18)(H,15,16). The lowest BCUT2D eigenvalue weighted by Gasteiger charge is -2.16. The van der Waals surface area contributed by atoms with Crippen molar-refractivity contribution in [2.24, 2.45) is 11.7 Å². The van der Waals surface area contributed by atoms with E-state index in [-0.39, 0.29) is 30.0 Å². The first-order valence-electron chi connectivity index (χ1n) is 5.53. The Morgan fingerprint density at radius 1 is 1.50 bits per heavy atom. The van der Waals surface area contributed by atoms with Crippen LogP contribution < -0.4 is 11.1 Å². The fourth-order valence-electron chi connectivity index (χ4n) is 1.45. The number of halogens is 3. The maximum atomic E-state index is 11.8. The maximum absolute atomic E-state index is 11.8. The summed E-state index contributed by atoms with van der Waals surface area (Å²) in [5.74, 6) is -0.135. The van der Waals surface area contributed by atoms with Gasteiger partial charge in [-0.2, -0.15) is 13.2 Å². The van der Waals surface area contributed by atoms with Crippen molar-refractivity contribution in [3.8, 4) is 0 Å². The largest absolute Gasteiger partial charge is 0.411 e. The number of thiocarbonyl (C=S) groups is 1. The fraction of sp³-hybridized carbons (Fsp3) is 0.800. The normalized spacial score (nSPS) is 17.3. The van der Waals surface area contributed by atoms with Crippen LogP contribution in [-0.4, -0.2) is 36.3 Å². The van der Waals surface area contributed by atoms with Gasteiger partial charge in [0, 0.05) is 6.42 Å². The van der Waals surface area contributed by atoms with E-state index in [9.17, 15) is 18.0 Å². The van der Waals surface area contributed by atoms with Gasteiger partial charge in [-0.3, -0.25) is 4.79 Å². The SMILES string of the molecule is NC(=S)C(NC(=O)CCOCC(F)(F)F)C1CC1. The fourth-order valence-corrected chi connectivity index (χ4v) is 1.70. The van der Waals surface area contributed by atoms with Gasteiger partial charge in [0.2, 0.25) is 5.91 Å². The molecule has 1 rings (SSSR count). The summed E-state index contributed by atoms with van der Waals surface area (Å²) in [5.41, 5.74) is 5.47. The Labute approximate surface area is 108 Å². The molecule has 1 fully saturated rings. The van der Waals surface area contributed by atoms with Crippen LogP contribution in [0, 0.1) is 5.92 Å². The third-order valence-electron chi connectivity index (χ3n) is 2.46. The van der Waals surface area contributed by atoms with Gasteiger partial charge >= 0.3 is 6.18 Å². The zero-order chi connectivity index (χ0) is 13.8. The van der Waals surface area contributed by atoms with Crippen molar-refractivity contribution in [1.29, 1.82) is 0 Å². The molecule has 3 N–H and O–H groups in total. The molecule has 0 aromatic heterocycles. The molecule has 0 spiro atoms. The molecule has 0 heterocycles. The smallest absolute Gasteiger partial charge is 0.392 e. The molecule has 0 aromatic rings. The van der Waals surface area contributed by atoms with Gasteiger partial charge in [0.1, 0.15) is 6.61 Å². The molecule has 0 saturated heterocycles. The molecule has 0 aromatic carbocycles. The van der Waals surface area contributed by atoms with Gasteiger partial charge in [-0.1, -0.05) is 12.2 Å². The molecular weight excluding hydrogens is 269 g/mol. The number of nitrogens with one attached hydrogen (secondary N) is 1. The predicted molar refractivity (Wildman–Crippen MR) is 62.9 cm³/mol. The van der Waals surface area contributed by atoms with Gasteiger partial charge in [-0.05, 0) is 18.8 Å². The average Bonchev–Trinajstić information content (AvgIpc) is 3.03.